The number of phenolic OH excluding ortho intramolecular Hbond substituents is 5. The van der Waals surface area contributed by atoms with E-state index in [1.165, 1.54) is 30.3 Å². The number of hydrogen-bond acceptors (Lipinski definition) is 7. The summed E-state index contributed by atoms with van der Waals surface area (Å²) in [5.74, 6) is -2.01. The summed E-state index contributed by atoms with van der Waals surface area (Å²) >= 11 is 0. The second-order valence-electron chi connectivity index (χ2n) is 8.31. The summed E-state index contributed by atoms with van der Waals surface area (Å²) in [6.45, 7) is 2.08. The average Bonchev–Trinajstić information content (AvgIpc) is 2.80. The van der Waals surface area contributed by atoms with Crippen molar-refractivity contribution in [2.24, 2.45) is 0 Å². The van der Waals surface area contributed by atoms with Gasteiger partial charge in [-0.05, 0) is 65.9 Å². The van der Waals surface area contributed by atoms with Crippen molar-refractivity contribution in [2.75, 3.05) is 6.54 Å². The Balaban J connectivity index is 1.68. The molecule has 7 N–H and O–H groups in total. The maximum absolute atomic E-state index is 12.9. The topological polar surface area (TPSA) is 159 Å². The lowest BCUT2D eigenvalue weighted by Gasteiger charge is -2.19. The van der Waals surface area contributed by atoms with Crippen LogP contribution in [0.25, 0.3) is 0 Å². The van der Waals surface area contributed by atoms with Crippen molar-refractivity contribution in [3.63, 3.8) is 0 Å². The molecule has 0 saturated carbocycles. The van der Waals surface area contributed by atoms with Crippen molar-refractivity contribution in [3.05, 3.63) is 76.9 Å². The molecule has 0 aliphatic heterocycles. The first-order valence-electron chi connectivity index (χ1n) is 11.0. The number of aryl methyl sites for hydroxylation is 1. The van der Waals surface area contributed by atoms with Gasteiger partial charge in [0.1, 0.15) is 11.8 Å². The normalized spacial score (nSPS) is 11.6. The highest BCUT2D eigenvalue weighted by atomic mass is 16.3. The van der Waals surface area contributed by atoms with E-state index in [2.05, 4.69) is 10.6 Å². The van der Waals surface area contributed by atoms with Crippen molar-refractivity contribution in [1.82, 2.24) is 10.6 Å². The lowest BCUT2D eigenvalue weighted by atomic mass is 10.0. The highest BCUT2D eigenvalue weighted by Gasteiger charge is 2.22. The summed E-state index contributed by atoms with van der Waals surface area (Å²) in [6.07, 6.45) is 0.441. The minimum atomic E-state index is -0.973. The van der Waals surface area contributed by atoms with Crippen LogP contribution in [0.15, 0.2) is 54.6 Å². The Labute approximate surface area is 202 Å². The van der Waals surface area contributed by atoms with Crippen LogP contribution in [0.3, 0.4) is 0 Å². The molecule has 2 amide bonds. The number of amides is 2. The average molecular weight is 481 g/mol. The summed E-state index contributed by atoms with van der Waals surface area (Å²) in [7, 11) is 0. The standard InChI is InChI=1S/C26H28N2O7/c1-15-10-16(2-5-20(15)29)8-9-27-26(35)19(11-17-3-6-21(30)23(32)12-17)28-25(34)14-18-4-7-22(31)24(33)13-18/h2-7,10,12-13,19,29-33H,8-9,11,14H2,1H3,(H,27,35)(H,28,34)/t19-/m0/s1. The number of carbonyl (C=O) groups is 2. The van der Waals surface area contributed by atoms with Crippen LogP contribution in [0.4, 0.5) is 0 Å². The predicted octanol–water partition coefficient (Wildman–Crippen LogP) is 2.15. The van der Waals surface area contributed by atoms with Crippen molar-refractivity contribution in [3.8, 4) is 28.7 Å². The van der Waals surface area contributed by atoms with Crippen molar-refractivity contribution < 1.29 is 35.1 Å². The van der Waals surface area contributed by atoms with Gasteiger partial charge < -0.3 is 36.2 Å². The number of phenols is 5. The minimum Gasteiger partial charge on any atom is -0.508 e. The van der Waals surface area contributed by atoms with Crippen molar-refractivity contribution in [1.29, 1.82) is 0 Å². The fourth-order valence-electron chi connectivity index (χ4n) is 3.58. The summed E-state index contributed by atoms with van der Waals surface area (Å²) in [6, 6.07) is 12.4. The van der Waals surface area contributed by atoms with Crippen LogP contribution in [0.2, 0.25) is 0 Å². The van der Waals surface area contributed by atoms with E-state index in [9.17, 15) is 35.1 Å². The third-order valence-corrected chi connectivity index (χ3v) is 5.51. The molecule has 0 radical (unpaired) electrons. The SMILES string of the molecule is Cc1cc(CCNC(=O)[C@H](Cc2ccc(O)c(O)c2)NC(=O)Cc2ccc(O)c(O)c2)ccc1O. The Morgan fingerprint density at radius 3 is 1.94 bits per heavy atom. The number of rotatable bonds is 9. The zero-order valence-electron chi connectivity index (χ0n) is 19.2. The summed E-state index contributed by atoms with van der Waals surface area (Å²) in [4.78, 5) is 25.6. The van der Waals surface area contributed by atoms with E-state index in [4.69, 9.17) is 0 Å². The number of hydrogen-bond donors (Lipinski definition) is 7. The third kappa shape index (κ3) is 7.04. The van der Waals surface area contributed by atoms with Crippen LogP contribution in [0.5, 0.6) is 28.7 Å². The van der Waals surface area contributed by atoms with E-state index in [-0.39, 0.29) is 41.6 Å². The monoisotopic (exact) mass is 480 g/mol. The summed E-state index contributed by atoms with van der Waals surface area (Å²) in [5.41, 5.74) is 2.63. The Bertz CT molecular complexity index is 1230. The Kier molecular flexibility index (Phi) is 8.04. The molecule has 9 heteroatoms. The highest BCUT2D eigenvalue weighted by molar-refractivity contribution is 5.88. The van der Waals surface area contributed by atoms with Gasteiger partial charge in [-0.15, -0.1) is 0 Å². The Morgan fingerprint density at radius 2 is 1.31 bits per heavy atom. The maximum Gasteiger partial charge on any atom is 0.242 e. The van der Waals surface area contributed by atoms with E-state index >= 15 is 0 Å². The van der Waals surface area contributed by atoms with Crippen LogP contribution < -0.4 is 10.6 Å². The largest absolute Gasteiger partial charge is 0.508 e. The zero-order chi connectivity index (χ0) is 25.5. The van der Waals surface area contributed by atoms with E-state index in [0.717, 1.165) is 11.1 Å². The van der Waals surface area contributed by atoms with Gasteiger partial charge in [-0.2, -0.15) is 0 Å². The Morgan fingerprint density at radius 1 is 0.743 bits per heavy atom. The third-order valence-electron chi connectivity index (χ3n) is 5.51. The van der Waals surface area contributed by atoms with E-state index in [1.54, 1.807) is 25.1 Å². The van der Waals surface area contributed by atoms with Gasteiger partial charge in [0.2, 0.25) is 11.8 Å². The lowest BCUT2D eigenvalue weighted by molar-refractivity contribution is -0.128. The number of benzene rings is 3. The molecular formula is C26H28N2O7. The Hall–Kier alpha value is -4.40. The smallest absolute Gasteiger partial charge is 0.242 e. The van der Waals surface area contributed by atoms with Crippen LogP contribution in [-0.4, -0.2) is 49.9 Å². The number of nitrogens with one attached hydrogen (secondary N) is 2. The minimum absolute atomic E-state index is 0.0601. The van der Waals surface area contributed by atoms with Crippen molar-refractivity contribution >= 4 is 11.8 Å². The molecule has 0 fully saturated rings. The maximum atomic E-state index is 12.9. The molecule has 0 aliphatic carbocycles. The molecule has 0 bridgehead atoms. The fourth-order valence-corrected chi connectivity index (χ4v) is 3.58. The molecule has 9 nitrogen and oxygen atoms in total. The van der Waals surface area contributed by atoms with Gasteiger partial charge in [0.15, 0.2) is 23.0 Å². The molecule has 3 aromatic carbocycles. The molecule has 35 heavy (non-hydrogen) atoms. The van der Waals surface area contributed by atoms with Crippen molar-refractivity contribution in [2.45, 2.75) is 32.2 Å². The van der Waals surface area contributed by atoms with Gasteiger partial charge in [0.25, 0.3) is 0 Å². The van der Waals surface area contributed by atoms with E-state index in [1.807, 2.05) is 6.07 Å². The first-order chi connectivity index (χ1) is 16.6. The lowest BCUT2D eigenvalue weighted by Crippen LogP contribution is -2.48. The van der Waals surface area contributed by atoms with Gasteiger partial charge in [-0.25, -0.2) is 0 Å². The van der Waals surface area contributed by atoms with Gasteiger partial charge >= 0.3 is 0 Å². The van der Waals surface area contributed by atoms with Gasteiger partial charge in [0.05, 0.1) is 6.42 Å². The van der Waals surface area contributed by atoms with Gasteiger partial charge in [-0.3, -0.25) is 9.59 Å². The van der Waals surface area contributed by atoms with Crippen LogP contribution in [0, 0.1) is 6.92 Å². The first kappa shape index (κ1) is 25.2. The summed E-state index contributed by atoms with van der Waals surface area (Å²) < 4.78 is 0. The van der Waals surface area contributed by atoms with E-state index < -0.39 is 17.9 Å². The second kappa shape index (κ2) is 11.1. The number of carbonyl (C=O) groups excluding carboxylic acids is 2. The van der Waals surface area contributed by atoms with E-state index in [0.29, 0.717) is 24.1 Å². The van der Waals surface area contributed by atoms with Gasteiger partial charge in [-0.1, -0.05) is 24.3 Å². The predicted molar refractivity (Wildman–Crippen MR) is 128 cm³/mol. The molecule has 1 atom stereocenters. The molecule has 0 saturated heterocycles. The molecule has 0 aliphatic rings. The summed E-state index contributed by atoms with van der Waals surface area (Å²) in [5, 5.41) is 53.5. The second-order valence-corrected chi connectivity index (χ2v) is 8.31. The van der Waals surface area contributed by atoms with Crippen LogP contribution in [-0.2, 0) is 28.9 Å². The molecule has 0 spiro atoms. The molecule has 3 rings (SSSR count). The molecule has 0 unspecified atom stereocenters. The first-order valence-corrected chi connectivity index (χ1v) is 11.0. The molecule has 184 valence electrons. The van der Waals surface area contributed by atoms with Gasteiger partial charge in [0, 0.05) is 13.0 Å². The fraction of sp³-hybridized carbons (Fsp3) is 0.231. The van der Waals surface area contributed by atoms with Crippen LogP contribution in [0.1, 0.15) is 22.3 Å². The molecule has 0 aromatic heterocycles. The molecule has 3 aromatic rings. The highest BCUT2D eigenvalue weighted by Crippen LogP contribution is 2.26. The number of aromatic hydroxyl groups is 5. The molecular weight excluding hydrogens is 452 g/mol. The van der Waals surface area contributed by atoms with Crippen LogP contribution >= 0.6 is 0 Å². The molecule has 0 heterocycles. The quantitative estimate of drug-likeness (QED) is 0.231. The zero-order valence-corrected chi connectivity index (χ0v) is 19.2.